The summed E-state index contributed by atoms with van der Waals surface area (Å²) in [6.07, 6.45) is 2.53. The zero-order chi connectivity index (χ0) is 29.0. The van der Waals surface area contributed by atoms with Crippen molar-refractivity contribution in [3.8, 4) is 5.75 Å². The number of sulfonamides is 1. The summed E-state index contributed by atoms with van der Waals surface area (Å²) in [6.45, 7) is 2.22. The fourth-order valence-corrected chi connectivity index (χ4v) is 6.94. The number of aryl methyl sites for hydroxylation is 1. The Kier molecular flexibility index (Phi) is 8.55. The number of urea groups is 1. The molecule has 2 aliphatic rings. The maximum Gasteiger partial charge on any atom is 0.321 e. The largest absolute Gasteiger partial charge is 0.494 e. The highest BCUT2D eigenvalue weighted by atomic mass is 32.2. The number of carbonyl (C=O) groups is 2. The molecule has 3 aromatic carbocycles. The maximum atomic E-state index is 13.8. The minimum atomic E-state index is -4.16. The number of ether oxygens (including phenoxy) is 1. The second kappa shape index (κ2) is 12.3. The van der Waals surface area contributed by atoms with Crippen LogP contribution in [0, 0.1) is 5.82 Å². The van der Waals surface area contributed by atoms with Crippen LogP contribution in [0.2, 0.25) is 0 Å². The number of rotatable bonds is 7. The number of carbonyl (C=O) groups excluding carboxylic acids is 2. The number of halogens is 1. The average Bonchev–Trinajstić information content (AvgIpc) is 2.98. The maximum absolute atomic E-state index is 13.8. The zero-order valence-corrected chi connectivity index (χ0v) is 23.6. The Bertz CT molecular complexity index is 1500. The molecule has 1 saturated heterocycles. The molecule has 0 spiro atoms. The van der Waals surface area contributed by atoms with Gasteiger partial charge < -0.3 is 20.3 Å². The van der Waals surface area contributed by atoms with Crippen molar-refractivity contribution in [2.45, 2.75) is 43.2 Å². The number of fused-ring (bicyclic) bond motifs is 1. The molecule has 2 unspecified atom stereocenters. The molecule has 0 radical (unpaired) electrons. The quantitative estimate of drug-likeness (QED) is 0.433. The van der Waals surface area contributed by atoms with Crippen molar-refractivity contribution < 1.29 is 27.1 Å². The molecule has 2 atom stereocenters. The standard InChI is InChI=1S/C30H33FN4O5S/c1-2-40-24-14-12-23(13-15-24)32-30(37)34-18-19-35(41(38,39)25-16-10-22(31)11-17-25)28(20-34)29(36)33-27-9-5-7-21-6-3-4-8-26(21)27/h3-4,6,8,10-17,27-28H,2,5,7,9,18-20H2,1H3,(H,32,37)(H,33,36). The molecule has 41 heavy (non-hydrogen) atoms. The number of benzene rings is 3. The minimum Gasteiger partial charge on any atom is -0.494 e. The van der Waals surface area contributed by atoms with Crippen molar-refractivity contribution in [1.82, 2.24) is 14.5 Å². The second-order valence-electron chi connectivity index (χ2n) is 10.1. The van der Waals surface area contributed by atoms with Crippen molar-refractivity contribution in [3.63, 3.8) is 0 Å². The fourth-order valence-electron chi connectivity index (χ4n) is 5.37. The van der Waals surface area contributed by atoms with E-state index in [4.69, 9.17) is 4.74 Å². The number of nitrogens with zero attached hydrogens (tertiary/aromatic N) is 2. The highest BCUT2D eigenvalue weighted by Gasteiger charge is 2.42. The Morgan fingerprint density at radius 1 is 1.00 bits per heavy atom. The number of piperazine rings is 1. The first kappa shape index (κ1) is 28.6. The van der Waals surface area contributed by atoms with Gasteiger partial charge in [-0.2, -0.15) is 4.31 Å². The van der Waals surface area contributed by atoms with E-state index in [-0.39, 0.29) is 30.6 Å². The number of hydrogen-bond acceptors (Lipinski definition) is 5. The third-order valence-electron chi connectivity index (χ3n) is 7.44. The topological polar surface area (TPSA) is 108 Å². The van der Waals surface area contributed by atoms with E-state index >= 15 is 0 Å². The molecular formula is C30H33FN4O5S. The third-order valence-corrected chi connectivity index (χ3v) is 9.37. The van der Waals surface area contributed by atoms with Gasteiger partial charge in [0.1, 0.15) is 17.6 Å². The van der Waals surface area contributed by atoms with Gasteiger partial charge in [0.2, 0.25) is 15.9 Å². The summed E-state index contributed by atoms with van der Waals surface area (Å²) in [5.41, 5.74) is 2.71. The number of anilines is 1. The van der Waals surface area contributed by atoms with Gasteiger partial charge >= 0.3 is 6.03 Å². The fraction of sp³-hybridized carbons (Fsp3) is 0.333. The summed E-state index contributed by atoms with van der Waals surface area (Å²) in [5.74, 6) is -0.382. The number of amides is 3. The van der Waals surface area contributed by atoms with Gasteiger partial charge in [-0.3, -0.25) is 4.79 Å². The molecule has 11 heteroatoms. The number of nitrogens with one attached hydrogen (secondary N) is 2. The van der Waals surface area contributed by atoms with Gasteiger partial charge in [-0.05, 0) is 85.8 Å². The Morgan fingerprint density at radius 2 is 1.73 bits per heavy atom. The van der Waals surface area contributed by atoms with Crippen LogP contribution in [-0.4, -0.2) is 61.8 Å². The van der Waals surface area contributed by atoms with Crippen LogP contribution in [0.15, 0.2) is 77.7 Å². The van der Waals surface area contributed by atoms with Gasteiger partial charge in [-0.1, -0.05) is 24.3 Å². The third kappa shape index (κ3) is 6.36. The molecule has 3 aromatic rings. The lowest BCUT2D eigenvalue weighted by molar-refractivity contribution is -0.127. The van der Waals surface area contributed by atoms with E-state index in [2.05, 4.69) is 10.6 Å². The SMILES string of the molecule is CCOc1ccc(NC(=O)N2CCN(S(=O)(=O)c3ccc(F)cc3)C(C(=O)NC3CCCc4ccccc43)C2)cc1. The molecule has 1 fully saturated rings. The summed E-state index contributed by atoms with van der Waals surface area (Å²) in [5, 5.41) is 5.87. The molecule has 1 heterocycles. The van der Waals surface area contributed by atoms with Crippen LogP contribution in [0.4, 0.5) is 14.9 Å². The molecule has 9 nitrogen and oxygen atoms in total. The van der Waals surface area contributed by atoms with Gasteiger partial charge in [0.25, 0.3) is 0 Å². The summed E-state index contributed by atoms with van der Waals surface area (Å²) in [7, 11) is -4.16. The van der Waals surface area contributed by atoms with Gasteiger partial charge in [0.05, 0.1) is 17.5 Å². The van der Waals surface area contributed by atoms with Gasteiger partial charge in [-0.15, -0.1) is 0 Å². The lowest BCUT2D eigenvalue weighted by Crippen LogP contribution is -2.62. The smallest absolute Gasteiger partial charge is 0.321 e. The molecule has 0 saturated carbocycles. The van der Waals surface area contributed by atoms with Crippen molar-refractivity contribution in [2.75, 3.05) is 31.6 Å². The molecule has 0 bridgehead atoms. The summed E-state index contributed by atoms with van der Waals surface area (Å²) in [6, 6.07) is 17.4. The molecule has 0 aromatic heterocycles. The van der Waals surface area contributed by atoms with Crippen LogP contribution in [0.5, 0.6) is 5.75 Å². The zero-order valence-electron chi connectivity index (χ0n) is 22.8. The molecule has 1 aliphatic heterocycles. The minimum absolute atomic E-state index is 0.0688. The van der Waals surface area contributed by atoms with Crippen molar-refractivity contribution in [3.05, 3.63) is 89.7 Å². The highest BCUT2D eigenvalue weighted by molar-refractivity contribution is 7.89. The molecule has 3 amide bonds. The first-order valence-corrected chi connectivity index (χ1v) is 15.1. The molecule has 1 aliphatic carbocycles. The van der Waals surface area contributed by atoms with Crippen LogP contribution in [0.1, 0.15) is 36.9 Å². The lowest BCUT2D eigenvalue weighted by atomic mass is 9.87. The lowest BCUT2D eigenvalue weighted by Gasteiger charge is -2.40. The Balaban J connectivity index is 1.38. The van der Waals surface area contributed by atoms with E-state index in [0.29, 0.717) is 18.0 Å². The van der Waals surface area contributed by atoms with E-state index in [1.807, 2.05) is 31.2 Å². The van der Waals surface area contributed by atoms with Crippen LogP contribution < -0.4 is 15.4 Å². The molecule has 2 N–H and O–H groups in total. The predicted molar refractivity (Wildman–Crippen MR) is 153 cm³/mol. The van der Waals surface area contributed by atoms with Gasteiger partial charge in [0.15, 0.2) is 0 Å². The van der Waals surface area contributed by atoms with Gasteiger partial charge in [0, 0.05) is 25.3 Å². The Hall–Kier alpha value is -3.96. The molecular weight excluding hydrogens is 547 g/mol. The van der Waals surface area contributed by atoms with Gasteiger partial charge in [-0.25, -0.2) is 17.6 Å². The average molecular weight is 581 g/mol. The summed E-state index contributed by atoms with van der Waals surface area (Å²) in [4.78, 5) is 28.3. The summed E-state index contributed by atoms with van der Waals surface area (Å²) < 4.78 is 47.4. The molecule has 216 valence electrons. The van der Waals surface area contributed by atoms with E-state index in [0.717, 1.165) is 46.8 Å². The number of hydrogen-bond donors (Lipinski definition) is 2. The monoisotopic (exact) mass is 580 g/mol. The predicted octanol–water partition coefficient (Wildman–Crippen LogP) is 4.33. The Morgan fingerprint density at radius 3 is 2.46 bits per heavy atom. The van der Waals surface area contributed by atoms with Crippen LogP contribution in [0.3, 0.4) is 0 Å². The van der Waals surface area contributed by atoms with Crippen molar-refractivity contribution in [2.24, 2.45) is 0 Å². The first-order chi connectivity index (χ1) is 19.8. The first-order valence-electron chi connectivity index (χ1n) is 13.7. The highest BCUT2D eigenvalue weighted by Crippen LogP contribution is 2.30. The summed E-state index contributed by atoms with van der Waals surface area (Å²) >= 11 is 0. The Labute approximate surface area is 239 Å². The van der Waals surface area contributed by atoms with Crippen molar-refractivity contribution in [1.29, 1.82) is 0 Å². The van der Waals surface area contributed by atoms with E-state index in [1.165, 1.54) is 17.0 Å². The molecule has 5 rings (SSSR count). The van der Waals surface area contributed by atoms with Crippen LogP contribution in [-0.2, 0) is 21.2 Å². The second-order valence-corrected chi connectivity index (χ2v) is 12.0. The van der Waals surface area contributed by atoms with E-state index in [1.54, 1.807) is 24.3 Å². The van der Waals surface area contributed by atoms with E-state index < -0.39 is 33.8 Å². The van der Waals surface area contributed by atoms with Crippen LogP contribution in [0.25, 0.3) is 0 Å². The van der Waals surface area contributed by atoms with E-state index in [9.17, 15) is 22.4 Å². The van der Waals surface area contributed by atoms with Crippen molar-refractivity contribution >= 4 is 27.6 Å². The normalized spacial score (nSPS) is 19.2. The van der Waals surface area contributed by atoms with Crippen LogP contribution >= 0.6 is 0 Å².